The number of benzene rings is 2. The van der Waals surface area contributed by atoms with E-state index in [0.717, 1.165) is 37.8 Å². The topological polar surface area (TPSA) is 75.3 Å². The highest BCUT2D eigenvalue weighted by atomic mass is 32.2. The average Bonchev–Trinajstić information content (AvgIpc) is 3.44. The minimum atomic E-state index is -3.96. The van der Waals surface area contributed by atoms with E-state index >= 15 is 0 Å². The monoisotopic (exact) mass is 390 g/mol. The molecule has 1 fully saturated rings. The summed E-state index contributed by atoms with van der Waals surface area (Å²) in [6.45, 7) is 1.89. The Morgan fingerprint density at radius 3 is 2.56 bits per heavy atom. The van der Waals surface area contributed by atoms with Gasteiger partial charge in [0.25, 0.3) is 5.91 Å². The van der Waals surface area contributed by atoms with Crippen LogP contribution in [0.15, 0.2) is 53.4 Å². The van der Waals surface area contributed by atoms with Crippen molar-refractivity contribution in [2.45, 2.75) is 49.6 Å². The van der Waals surface area contributed by atoms with Gasteiger partial charge in [0.2, 0.25) is 10.0 Å². The Balaban J connectivity index is 1.64. The lowest BCUT2D eigenvalue weighted by Crippen LogP contribution is -2.33. The summed E-state index contributed by atoms with van der Waals surface area (Å²) < 4.78 is 41.0. The fourth-order valence-electron chi connectivity index (χ4n) is 2.74. The number of sulfonamides is 1. The molecule has 27 heavy (non-hydrogen) atoms. The van der Waals surface area contributed by atoms with Gasteiger partial charge >= 0.3 is 0 Å². The van der Waals surface area contributed by atoms with E-state index in [-0.39, 0.29) is 17.6 Å². The van der Waals surface area contributed by atoms with Crippen LogP contribution >= 0.6 is 0 Å². The molecule has 0 bridgehead atoms. The third-order valence-electron chi connectivity index (χ3n) is 4.47. The summed E-state index contributed by atoms with van der Waals surface area (Å²) in [6, 6.07) is 13.1. The van der Waals surface area contributed by atoms with Gasteiger partial charge in [0.1, 0.15) is 10.7 Å². The summed E-state index contributed by atoms with van der Waals surface area (Å²) >= 11 is 0. The summed E-state index contributed by atoms with van der Waals surface area (Å²) in [6.07, 6.45) is 3.06. The number of hydrogen-bond donors (Lipinski definition) is 2. The number of nitrogens with one attached hydrogen (secondary N) is 2. The van der Waals surface area contributed by atoms with Crippen LogP contribution in [0.5, 0.6) is 0 Å². The molecular weight excluding hydrogens is 367 g/mol. The maximum absolute atomic E-state index is 14.0. The zero-order valence-corrected chi connectivity index (χ0v) is 15.9. The Kier molecular flexibility index (Phi) is 5.92. The Morgan fingerprint density at radius 1 is 1.19 bits per heavy atom. The number of aryl methyl sites for hydroxylation is 1. The Labute approximate surface area is 159 Å². The van der Waals surface area contributed by atoms with Crippen LogP contribution in [0.1, 0.15) is 42.1 Å². The van der Waals surface area contributed by atoms with Gasteiger partial charge in [-0.2, -0.15) is 0 Å². The summed E-state index contributed by atoms with van der Waals surface area (Å²) in [5, 5.41) is 2.84. The van der Waals surface area contributed by atoms with E-state index in [4.69, 9.17) is 0 Å². The fraction of sp³-hybridized carbons (Fsp3) is 0.350. The number of carbonyl (C=O) groups excluding carboxylic acids is 1. The first-order valence-electron chi connectivity index (χ1n) is 9.02. The van der Waals surface area contributed by atoms with E-state index in [0.29, 0.717) is 0 Å². The molecule has 0 spiro atoms. The van der Waals surface area contributed by atoms with Crippen LogP contribution in [-0.2, 0) is 16.4 Å². The van der Waals surface area contributed by atoms with Crippen LogP contribution in [-0.4, -0.2) is 26.4 Å². The Hall–Kier alpha value is -2.25. The van der Waals surface area contributed by atoms with Crippen molar-refractivity contribution in [3.8, 4) is 0 Å². The SMILES string of the molecule is CC(CCc1ccccc1)NC(=O)c1ccc(F)c(S(=O)(=O)NC2CC2)c1. The molecule has 0 heterocycles. The van der Waals surface area contributed by atoms with Gasteiger partial charge in [-0.15, -0.1) is 0 Å². The maximum atomic E-state index is 14.0. The smallest absolute Gasteiger partial charge is 0.251 e. The average molecular weight is 390 g/mol. The minimum absolute atomic E-state index is 0.104. The van der Waals surface area contributed by atoms with Crippen molar-refractivity contribution >= 4 is 15.9 Å². The fourth-order valence-corrected chi connectivity index (χ4v) is 4.15. The molecule has 1 unspecified atom stereocenters. The first-order chi connectivity index (χ1) is 12.8. The molecule has 0 aromatic heterocycles. The lowest BCUT2D eigenvalue weighted by atomic mass is 10.1. The van der Waals surface area contributed by atoms with Gasteiger partial charge in [-0.3, -0.25) is 4.79 Å². The third kappa shape index (κ3) is 5.37. The molecule has 1 aliphatic carbocycles. The largest absolute Gasteiger partial charge is 0.350 e. The van der Waals surface area contributed by atoms with Crippen LogP contribution in [0.25, 0.3) is 0 Å². The predicted molar refractivity (Wildman–Crippen MR) is 101 cm³/mol. The molecule has 0 radical (unpaired) electrons. The van der Waals surface area contributed by atoms with Gasteiger partial charge in [-0.05, 0) is 56.4 Å². The summed E-state index contributed by atoms with van der Waals surface area (Å²) in [5.41, 5.74) is 1.30. The number of amides is 1. The molecule has 1 aliphatic rings. The van der Waals surface area contributed by atoms with E-state index in [1.807, 2.05) is 37.3 Å². The molecule has 7 heteroatoms. The van der Waals surface area contributed by atoms with Crippen molar-refractivity contribution in [3.63, 3.8) is 0 Å². The van der Waals surface area contributed by atoms with Crippen molar-refractivity contribution < 1.29 is 17.6 Å². The normalized spacial score (nSPS) is 15.3. The van der Waals surface area contributed by atoms with E-state index in [9.17, 15) is 17.6 Å². The minimum Gasteiger partial charge on any atom is -0.350 e. The van der Waals surface area contributed by atoms with Gasteiger partial charge in [-0.25, -0.2) is 17.5 Å². The number of hydrogen-bond acceptors (Lipinski definition) is 3. The molecular formula is C20H23FN2O3S. The predicted octanol–water partition coefficient (Wildman–Crippen LogP) is 3.02. The zero-order valence-electron chi connectivity index (χ0n) is 15.1. The van der Waals surface area contributed by atoms with E-state index in [2.05, 4.69) is 10.0 Å². The van der Waals surface area contributed by atoms with Crippen molar-refractivity contribution in [3.05, 3.63) is 65.5 Å². The van der Waals surface area contributed by atoms with Crippen LogP contribution in [0.3, 0.4) is 0 Å². The lowest BCUT2D eigenvalue weighted by Gasteiger charge is -2.15. The highest BCUT2D eigenvalue weighted by Gasteiger charge is 2.30. The van der Waals surface area contributed by atoms with Gasteiger partial charge in [0.15, 0.2) is 0 Å². The highest BCUT2D eigenvalue weighted by Crippen LogP contribution is 2.24. The molecule has 2 aromatic rings. The van der Waals surface area contributed by atoms with Crippen molar-refractivity contribution in [2.24, 2.45) is 0 Å². The van der Waals surface area contributed by atoms with Crippen molar-refractivity contribution in [1.82, 2.24) is 10.0 Å². The van der Waals surface area contributed by atoms with E-state index in [1.165, 1.54) is 11.6 Å². The van der Waals surface area contributed by atoms with Gasteiger partial charge in [0, 0.05) is 17.6 Å². The molecule has 5 nitrogen and oxygen atoms in total. The summed E-state index contributed by atoms with van der Waals surface area (Å²) in [4.78, 5) is 12.0. The zero-order chi connectivity index (χ0) is 19.4. The van der Waals surface area contributed by atoms with Crippen LogP contribution in [0.2, 0.25) is 0 Å². The van der Waals surface area contributed by atoms with Crippen LogP contribution in [0, 0.1) is 5.82 Å². The first-order valence-corrected chi connectivity index (χ1v) is 10.5. The summed E-state index contributed by atoms with van der Waals surface area (Å²) in [5.74, 6) is -1.28. The van der Waals surface area contributed by atoms with Crippen molar-refractivity contribution in [2.75, 3.05) is 0 Å². The standard InChI is InChI=1S/C20H23FN2O3S/c1-14(7-8-15-5-3-2-4-6-15)22-20(24)16-9-12-18(21)19(13-16)27(25,26)23-17-10-11-17/h2-6,9,12-14,17,23H,7-8,10-11H2,1H3,(H,22,24). The molecule has 144 valence electrons. The second-order valence-electron chi connectivity index (χ2n) is 6.94. The second kappa shape index (κ2) is 8.19. The van der Waals surface area contributed by atoms with Gasteiger partial charge < -0.3 is 5.32 Å². The number of carbonyl (C=O) groups is 1. The molecule has 3 rings (SSSR count). The summed E-state index contributed by atoms with van der Waals surface area (Å²) in [7, 11) is -3.96. The quantitative estimate of drug-likeness (QED) is 0.728. The van der Waals surface area contributed by atoms with Gasteiger partial charge in [0.05, 0.1) is 0 Å². The third-order valence-corrected chi connectivity index (χ3v) is 6.00. The maximum Gasteiger partial charge on any atom is 0.251 e. The molecule has 1 atom stereocenters. The second-order valence-corrected chi connectivity index (χ2v) is 8.62. The lowest BCUT2D eigenvalue weighted by molar-refractivity contribution is 0.0938. The van der Waals surface area contributed by atoms with E-state index < -0.39 is 26.6 Å². The Bertz CT molecular complexity index is 912. The number of halogens is 1. The molecule has 1 saturated carbocycles. The van der Waals surface area contributed by atoms with E-state index in [1.54, 1.807) is 0 Å². The molecule has 0 aliphatic heterocycles. The molecule has 0 saturated heterocycles. The number of rotatable bonds is 8. The molecule has 2 N–H and O–H groups in total. The van der Waals surface area contributed by atoms with Crippen LogP contribution < -0.4 is 10.0 Å². The molecule has 1 amide bonds. The highest BCUT2D eigenvalue weighted by molar-refractivity contribution is 7.89. The van der Waals surface area contributed by atoms with Crippen LogP contribution in [0.4, 0.5) is 4.39 Å². The molecule has 2 aromatic carbocycles. The Morgan fingerprint density at radius 2 is 1.89 bits per heavy atom. The van der Waals surface area contributed by atoms with Gasteiger partial charge in [-0.1, -0.05) is 30.3 Å². The van der Waals surface area contributed by atoms with Crippen molar-refractivity contribution in [1.29, 1.82) is 0 Å². The first kappa shape index (κ1) is 19.5.